The van der Waals surface area contributed by atoms with Crippen molar-refractivity contribution in [2.75, 3.05) is 11.9 Å². The van der Waals surface area contributed by atoms with Crippen LogP contribution in [0.5, 0.6) is 17.2 Å². The Morgan fingerprint density at radius 1 is 0.976 bits per heavy atom. The number of ether oxygens (including phenoxy) is 2. The normalized spacial score (nSPS) is 11.0. The highest BCUT2D eigenvalue weighted by Gasteiger charge is 2.15. The topological polar surface area (TPSA) is 102 Å². The van der Waals surface area contributed by atoms with Crippen molar-refractivity contribution in [2.24, 2.45) is 0 Å². The van der Waals surface area contributed by atoms with Crippen molar-refractivity contribution in [3.05, 3.63) is 123 Å². The lowest BCUT2D eigenvalue weighted by Gasteiger charge is -2.11. The van der Waals surface area contributed by atoms with E-state index in [1.165, 1.54) is 29.5 Å². The summed E-state index contributed by atoms with van der Waals surface area (Å²) in [5.74, 6) is 1.68. The number of hydrogen-bond donors (Lipinski definition) is 2. The van der Waals surface area contributed by atoms with Crippen LogP contribution in [-0.4, -0.2) is 26.5 Å². The Kier molecular flexibility index (Phi) is 8.07. The highest BCUT2D eigenvalue weighted by molar-refractivity contribution is 7.14. The van der Waals surface area contributed by atoms with Gasteiger partial charge < -0.3 is 19.8 Å². The maximum absolute atomic E-state index is 13.5. The zero-order valence-electron chi connectivity index (χ0n) is 22.0. The van der Waals surface area contributed by atoms with E-state index < -0.39 is 5.82 Å². The van der Waals surface area contributed by atoms with E-state index in [9.17, 15) is 9.18 Å². The van der Waals surface area contributed by atoms with Gasteiger partial charge in [0.15, 0.2) is 5.13 Å². The molecule has 0 radical (unpaired) electrons. The molecule has 3 aromatic heterocycles. The predicted octanol–water partition coefficient (Wildman–Crippen LogP) is 7.26. The number of aromatic amines is 1. The lowest BCUT2D eigenvalue weighted by Crippen LogP contribution is -2.14. The molecule has 0 atom stereocenters. The highest BCUT2D eigenvalue weighted by atomic mass is 35.5. The molecule has 6 rings (SSSR count). The Labute approximate surface area is 248 Å². The molecule has 3 heterocycles. The standard InChI is InChI=1S/C31H23ClFN5O3S/c32-23-16-21(10-11-24(23)33)40-17-27-37-28-22(30(39)38-27)13-15-34-29(28)25-18-42-31(36-25)35-14-12-19-6-4-5-9-26(19)41-20-7-2-1-3-8-20/h1-11,13,15-16,18H,12,14,17H2,(H,35,36)(H,37,38,39). The van der Waals surface area contributed by atoms with Gasteiger partial charge in [-0.3, -0.25) is 9.78 Å². The molecule has 0 fully saturated rings. The summed E-state index contributed by atoms with van der Waals surface area (Å²) in [6, 6.07) is 23.3. The molecular weight excluding hydrogens is 577 g/mol. The molecule has 8 nitrogen and oxygen atoms in total. The number of nitrogens with zero attached hydrogens (tertiary/aromatic N) is 3. The fraction of sp³-hybridized carbons (Fsp3) is 0.0968. The van der Waals surface area contributed by atoms with Gasteiger partial charge in [0.25, 0.3) is 5.56 Å². The van der Waals surface area contributed by atoms with Crippen molar-refractivity contribution in [2.45, 2.75) is 13.0 Å². The van der Waals surface area contributed by atoms with Crippen LogP contribution in [-0.2, 0) is 13.0 Å². The second-order valence-electron chi connectivity index (χ2n) is 9.17. The minimum Gasteiger partial charge on any atom is -0.486 e. The van der Waals surface area contributed by atoms with Crippen molar-refractivity contribution >= 4 is 39.0 Å². The molecule has 0 saturated heterocycles. The Morgan fingerprint density at radius 2 is 1.81 bits per heavy atom. The number of anilines is 1. The number of hydrogen-bond acceptors (Lipinski definition) is 8. The second-order valence-corrected chi connectivity index (χ2v) is 10.4. The number of fused-ring (bicyclic) bond motifs is 1. The first-order chi connectivity index (χ1) is 20.5. The summed E-state index contributed by atoms with van der Waals surface area (Å²) < 4.78 is 25.2. The molecule has 3 aromatic carbocycles. The summed E-state index contributed by atoms with van der Waals surface area (Å²) in [6.45, 7) is 0.582. The van der Waals surface area contributed by atoms with E-state index in [4.69, 9.17) is 26.1 Å². The summed E-state index contributed by atoms with van der Waals surface area (Å²) >= 11 is 7.27. The van der Waals surface area contributed by atoms with Gasteiger partial charge in [-0.2, -0.15) is 0 Å². The Morgan fingerprint density at radius 3 is 2.67 bits per heavy atom. The molecule has 11 heteroatoms. The molecular formula is C31H23ClFN5O3S. The molecule has 0 amide bonds. The molecule has 0 aliphatic rings. The number of H-pyrrole nitrogens is 1. The van der Waals surface area contributed by atoms with Crippen molar-refractivity contribution < 1.29 is 13.9 Å². The van der Waals surface area contributed by atoms with E-state index >= 15 is 0 Å². The summed E-state index contributed by atoms with van der Waals surface area (Å²) in [5, 5.41) is 6.28. The molecule has 0 bridgehead atoms. The van der Waals surface area contributed by atoms with Crippen LogP contribution < -0.4 is 20.3 Å². The van der Waals surface area contributed by atoms with Crippen LogP contribution in [0, 0.1) is 5.82 Å². The third kappa shape index (κ3) is 6.24. The number of aromatic nitrogens is 4. The lowest BCUT2D eigenvalue weighted by atomic mass is 10.1. The minimum absolute atomic E-state index is 0.0548. The number of thiazole rings is 1. The second kappa shape index (κ2) is 12.4. The number of pyridine rings is 1. The van der Waals surface area contributed by atoms with E-state index in [0.29, 0.717) is 39.7 Å². The Balaban J connectivity index is 1.16. The summed E-state index contributed by atoms with van der Waals surface area (Å²) in [7, 11) is 0. The molecule has 210 valence electrons. The third-order valence-corrected chi connectivity index (χ3v) is 7.39. The third-order valence-electron chi connectivity index (χ3n) is 6.30. The minimum atomic E-state index is -0.545. The molecule has 0 spiro atoms. The van der Waals surface area contributed by atoms with E-state index in [2.05, 4.69) is 20.3 Å². The van der Waals surface area contributed by atoms with Gasteiger partial charge in [0.2, 0.25) is 0 Å². The van der Waals surface area contributed by atoms with Crippen LogP contribution in [0.4, 0.5) is 9.52 Å². The molecule has 6 aromatic rings. The molecule has 42 heavy (non-hydrogen) atoms. The summed E-state index contributed by atoms with van der Waals surface area (Å²) in [6.07, 6.45) is 2.28. The first-order valence-corrected chi connectivity index (χ1v) is 14.3. The maximum Gasteiger partial charge on any atom is 0.258 e. The zero-order chi connectivity index (χ0) is 28.9. The van der Waals surface area contributed by atoms with Gasteiger partial charge in [0, 0.05) is 24.2 Å². The van der Waals surface area contributed by atoms with E-state index in [0.717, 1.165) is 23.5 Å². The molecule has 0 aliphatic heterocycles. The van der Waals surface area contributed by atoms with Crippen molar-refractivity contribution in [1.82, 2.24) is 19.9 Å². The van der Waals surface area contributed by atoms with Crippen LogP contribution in [0.2, 0.25) is 5.02 Å². The Hall–Kier alpha value is -4.80. The number of benzene rings is 3. The molecule has 0 aliphatic carbocycles. The fourth-order valence-electron chi connectivity index (χ4n) is 4.28. The van der Waals surface area contributed by atoms with Crippen LogP contribution in [0.25, 0.3) is 22.3 Å². The number of para-hydroxylation sites is 2. The van der Waals surface area contributed by atoms with Crippen molar-refractivity contribution in [1.29, 1.82) is 0 Å². The van der Waals surface area contributed by atoms with E-state index in [1.807, 2.05) is 60.0 Å². The predicted molar refractivity (Wildman–Crippen MR) is 162 cm³/mol. The quantitative estimate of drug-likeness (QED) is 0.171. The van der Waals surface area contributed by atoms with Gasteiger partial charge in [-0.05, 0) is 48.4 Å². The maximum atomic E-state index is 13.5. The number of rotatable bonds is 10. The van der Waals surface area contributed by atoms with Gasteiger partial charge in [-0.25, -0.2) is 14.4 Å². The van der Waals surface area contributed by atoms with Crippen molar-refractivity contribution in [3.63, 3.8) is 0 Å². The summed E-state index contributed by atoms with van der Waals surface area (Å²) in [4.78, 5) is 29.3. The van der Waals surface area contributed by atoms with Gasteiger partial charge >= 0.3 is 0 Å². The van der Waals surface area contributed by atoms with Gasteiger partial charge in [-0.1, -0.05) is 48.0 Å². The van der Waals surface area contributed by atoms with Crippen molar-refractivity contribution in [3.8, 4) is 28.6 Å². The van der Waals surface area contributed by atoms with Crippen LogP contribution >= 0.6 is 22.9 Å². The average molecular weight is 600 g/mol. The molecule has 2 N–H and O–H groups in total. The van der Waals surface area contributed by atoms with Gasteiger partial charge in [0.1, 0.15) is 52.4 Å². The van der Waals surface area contributed by atoms with Gasteiger partial charge in [-0.15, -0.1) is 11.3 Å². The summed E-state index contributed by atoms with van der Waals surface area (Å²) in [5.41, 5.74) is 2.22. The monoisotopic (exact) mass is 599 g/mol. The smallest absolute Gasteiger partial charge is 0.258 e. The van der Waals surface area contributed by atoms with Gasteiger partial charge in [0.05, 0.1) is 10.4 Å². The van der Waals surface area contributed by atoms with Crippen LogP contribution in [0.3, 0.4) is 0 Å². The Bertz CT molecular complexity index is 1910. The molecule has 0 saturated carbocycles. The lowest BCUT2D eigenvalue weighted by molar-refractivity contribution is 0.295. The van der Waals surface area contributed by atoms with Crippen LogP contribution in [0.15, 0.2) is 95.2 Å². The largest absolute Gasteiger partial charge is 0.486 e. The highest BCUT2D eigenvalue weighted by Crippen LogP contribution is 2.29. The first-order valence-electron chi connectivity index (χ1n) is 13.0. The van der Waals surface area contributed by atoms with E-state index in [1.54, 1.807) is 12.3 Å². The average Bonchev–Trinajstić information content (AvgIpc) is 3.48. The first kappa shape index (κ1) is 27.4. The number of nitrogens with one attached hydrogen (secondary N) is 2. The fourth-order valence-corrected chi connectivity index (χ4v) is 5.17. The van der Waals surface area contributed by atoms with E-state index in [-0.39, 0.29) is 23.0 Å². The SMILES string of the molecule is O=c1[nH]c(COc2ccc(F)c(Cl)c2)nc2c(-c3csc(NCCc4ccccc4Oc4ccccc4)n3)nccc12. The zero-order valence-corrected chi connectivity index (χ0v) is 23.6. The molecule has 0 unspecified atom stereocenters. The number of halogens is 2. The van der Waals surface area contributed by atoms with Crippen LogP contribution in [0.1, 0.15) is 11.4 Å².